The predicted octanol–water partition coefficient (Wildman–Crippen LogP) is 5.05. The minimum atomic E-state index is -3.80. The Bertz CT molecular complexity index is 1170. The Morgan fingerprint density at radius 1 is 1.00 bits per heavy atom. The topological polar surface area (TPSA) is 84.5 Å². The van der Waals surface area contributed by atoms with Crippen molar-refractivity contribution in [1.29, 1.82) is 0 Å². The Labute approximate surface area is 191 Å². The molecule has 0 radical (unpaired) electrons. The number of sulfonamides is 1. The molecule has 0 fully saturated rings. The van der Waals surface area contributed by atoms with E-state index < -0.39 is 22.0 Å². The number of hydrogen-bond acceptors (Lipinski definition) is 4. The van der Waals surface area contributed by atoms with Gasteiger partial charge in [0.1, 0.15) is 5.75 Å². The molecule has 2 N–H and O–H groups in total. The van der Waals surface area contributed by atoms with Gasteiger partial charge in [-0.1, -0.05) is 59.6 Å². The fourth-order valence-electron chi connectivity index (χ4n) is 2.78. The van der Waals surface area contributed by atoms with Crippen LogP contribution in [0.5, 0.6) is 5.75 Å². The summed E-state index contributed by atoms with van der Waals surface area (Å²) in [6.07, 6.45) is 0. The van der Waals surface area contributed by atoms with Crippen LogP contribution < -0.4 is 14.8 Å². The molecule has 3 rings (SSSR count). The second kappa shape index (κ2) is 10.2. The highest BCUT2D eigenvalue weighted by atomic mass is 35.5. The van der Waals surface area contributed by atoms with Crippen LogP contribution in [0, 0.1) is 0 Å². The van der Waals surface area contributed by atoms with E-state index in [1.165, 1.54) is 18.2 Å². The van der Waals surface area contributed by atoms with Gasteiger partial charge in [-0.3, -0.25) is 4.79 Å². The molecule has 3 aromatic carbocycles. The Morgan fingerprint density at radius 2 is 1.74 bits per heavy atom. The number of anilines is 1. The van der Waals surface area contributed by atoms with Gasteiger partial charge in [-0.2, -0.15) is 0 Å². The van der Waals surface area contributed by atoms with Gasteiger partial charge in [-0.05, 0) is 48.9 Å². The molecule has 162 valence electrons. The highest BCUT2D eigenvalue weighted by molar-refractivity contribution is 7.89. The first-order valence-electron chi connectivity index (χ1n) is 9.29. The summed E-state index contributed by atoms with van der Waals surface area (Å²) in [6, 6.07) is 19.6. The Hall–Kier alpha value is -2.58. The maximum atomic E-state index is 12.7. The van der Waals surface area contributed by atoms with Crippen molar-refractivity contribution in [3.8, 4) is 5.75 Å². The first-order valence-corrected chi connectivity index (χ1v) is 11.5. The van der Waals surface area contributed by atoms with Gasteiger partial charge in [-0.25, -0.2) is 13.1 Å². The molecule has 0 unspecified atom stereocenters. The number of carbonyl (C=O) groups excluding carboxylic acids is 1. The molecular weight excluding hydrogens is 459 g/mol. The number of nitrogens with one attached hydrogen (secondary N) is 2. The molecule has 0 heterocycles. The molecule has 0 aromatic heterocycles. The van der Waals surface area contributed by atoms with Crippen molar-refractivity contribution < 1.29 is 17.9 Å². The lowest BCUT2D eigenvalue weighted by atomic mass is 10.1. The standard InChI is InChI=1S/C22H20Cl2N2O4S/c1-15(16-6-3-2-4-7-16)26-31(28,29)19-10-11-21(20(24)13-19)30-14-22(27)25-18-9-5-8-17(23)12-18/h2-13,15,26H,14H2,1H3,(H,25,27)/t15-/m0/s1. The summed E-state index contributed by atoms with van der Waals surface area (Å²) in [5.74, 6) is -0.216. The third-order valence-corrected chi connectivity index (χ3v) is 6.38. The molecule has 0 bridgehead atoms. The Morgan fingerprint density at radius 3 is 2.42 bits per heavy atom. The zero-order chi connectivity index (χ0) is 22.4. The fourth-order valence-corrected chi connectivity index (χ4v) is 4.53. The van der Waals surface area contributed by atoms with E-state index >= 15 is 0 Å². The molecule has 0 spiro atoms. The number of hydrogen-bond donors (Lipinski definition) is 2. The van der Waals surface area contributed by atoms with Gasteiger partial charge in [-0.15, -0.1) is 0 Å². The van der Waals surface area contributed by atoms with Crippen molar-refractivity contribution in [1.82, 2.24) is 4.72 Å². The van der Waals surface area contributed by atoms with Crippen molar-refractivity contribution in [3.05, 3.63) is 88.4 Å². The molecule has 1 amide bonds. The van der Waals surface area contributed by atoms with Crippen molar-refractivity contribution in [2.75, 3.05) is 11.9 Å². The minimum Gasteiger partial charge on any atom is -0.482 e. The van der Waals surface area contributed by atoms with E-state index in [0.29, 0.717) is 10.7 Å². The zero-order valence-corrected chi connectivity index (χ0v) is 18.8. The molecule has 9 heteroatoms. The molecule has 0 saturated carbocycles. The third kappa shape index (κ3) is 6.45. The number of rotatable bonds is 8. The van der Waals surface area contributed by atoms with Gasteiger partial charge in [0.2, 0.25) is 10.0 Å². The molecular formula is C22H20Cl2N2O4S. The summed E-state index contributed by atoms with van der Waals surface area (Å²) < 4.78 is 33.4. The number of carbonyl (C=O) groups is 1. The summed E-state index contributed by atoms with van der Waals surface area (Å²) in [5.41, 5.74) is 1.37. The molecule has 0 aliphatic carbocycles. The van der Waals surface area contributed by atoms with E-state index in [2.05, 4.69) is 10.0 Å². The van der Waals surface area contributed by atoms with Crippen molar-refractivity contribution >= 4 is 44.8 Å². The monoisotopic (exact) mass is 478 g/mol. The molecule has 1 atom stereocenters. The lowest BCUT2D eigenvalue weighted by Gasteiger charge is -2.15. The number of halogens is 2. The van der Waals surface area contributed by atoms with Crippen LogP contribution in [0.1, 0.15) is 18.5 Å². The van der Waals surface area contributed by atoms with Crippen LogP contribution in [0.25, 0.3) is 0 Å². The second-order valence-corrected chi connectivity index (χ2v) is 9.25. The maximum Gasteiger partial charge on any atom is 0.262 e. The largest absolute Gasteiger partial charge is 0.482 e. The van der Waals surface area contributed by atoms with Crippen LogP contribution in [0.3, 0.4) is 0 Å². The fraction of sp³-hybridized carbons (Fsp3) is 0.136. The predicted molar refractivity (Wildman–Crippen MR) is 122 cm³/mol. The van der Waals surface area contributed by atoms with Crippen molar-refractivity contribution in [2.24, 2.45) is 0 Å². The number of benzene rings is 3. The first-order chi connectivity index (χ1) is 14.7. The van der Waals surface area contributed by atoms with Gasteiger partial charge in [0.25, 0.3) is 5.91 Å². The van der Waals surface area contributed by atoms with Gasteiger partial charge in [0, 0.05) is 16.8 Å². The summed E-state index contributed by atoms with van der Waals surface area (Å²) in [7, 11) is -3.80. The zero-order valence-electron chi connectivity index (χ0n) is 16.5. The van der Waals surface area contributed by atoms with Crippen molar-refractivity contribution in [3.63, 3.8) is 0 Å². The average molecular weight is 479 g/mol. The van der Waals surface area contributed by atoms with Gasteiger partial charge in [0.05, 0.1) is 9.92 Å². The Balaban J connectivity index is 1.63. The van der Waals surface area contributed by atoms with Gasteiger partial charge < -0.3 is 10.1 Å². The molecule has 0 aliphatic heterocycles. The normalized spacial score (nSPS) is 12.2. The number of ether oxygens (including phenoxy) is 1. The first kappa shape index (κ1) is 23.1. The quantitative estimate of drug-likeness (QED) is 0.474. The van der Waals surface area contributed by atoms with Crippen molar-refractivity contribution in [2.45, 2.75) is 17.9 Å². The van der Waals surface area contributed by atoms with Crippen LogP contribution in [0.2, 0.25) is 10.0 Å². The minimum absolute atomic E-state index is 0.00369. The summed E-state index contributed by atoms with van der Waals surface area (Å²) in [5, 5.41) is 3.22. The van der Waals surface area contributed by atoms with E-state index in [0.717, 1.165) is 5.56 Å². The number of amides is 1. The highest BCUT2D eigenvalue weighted by Crippen LogP contribution is 2.28. The van der Waals surface area contributed by atoms with Gasteiger partial charge >= 0.3 is 0 Å². The summed E-state index contributed by atoms with van der Waals surface area (Å²) in [6.45, 7) is 1.45. The molecule has 31 heavy (non-hydrogen) atoms. The SMILES string of the molecule is C[C@H](NS(=O)(=O)c1ccc(OCC(=O)Nc2cccc(Cl)c2)c(Cl)c1)c1ccccc1. The lowest BCUT2D eigenvalue weighted by Crippen LogP contribution is -2.27. The highest BCUT2D eigenvalue weighted by Gasteiger charge is 2.20. The second-order valence-electron chi connectivity index (χ2n) is 6.69. The van der Waals surface area contributed by atoms with E-state index in [-0.39, 0.29) is 22.3 Å². The van der Waals surface area contributed by atoms with Crippen LogP contribution in [-0.4, -0.2) is 20.9 Å². The lowest BCUT2D eigenvalue weighted by molar-refractivity contribution is -0.118. The van der Waals surface area contributed by atoms with E-state index in [4.69, 9.17) is 27.9 Å². The molecule has 0 aliphatic rings. The Kier molecular flexibility index (Phi) is 7.56. The van der Waals surface area contributed by atoms with Gasteiger partial charge in [0.15, 0.2) is 6.61 Å². The van der Waals surface area contributed by atoms with E-state index in [1.807, 2.05) is 30.3 Å². The van der Waals surface area contributed by atoms with Crippen LogP contribution in [-0.2, 0) is 14.8 Å². The molecule has 3 aromatic rings. The molecule has 0 saturated heterocycles. The van der Waals surface area contributed by atoms with Crippen LogP contribution in [0.4, 0.5) is 5.69 Å². The summed E-state index contributed by atoms with van der Waals surface area (Å²) in [4.78, 5) is 12.1. The average Bonchev–Trinajstić information content (AvgIpc) is 2.73. The van der Waals surface area contributed by atoms with E-state index in [9.17, 15) is 13.2 Å². The van der Waals surface area contributed by atoms with E-state index in [1.54, 1.807) is 31.2 Å². The molecule has 6 nitrogen and oxygen atoms in total. The van der Waals surface area contributed by atoms with Crippen LogP contribution in [0.15, 0.2) is 77.7 Å². The maximum absolute atomic E-state index is 12.7. The van der Waals surface area contributed by atoms with Crippen LogP contribution >= 0.6 is 23.2 Å². The third-order valence-electron chi connectivity index (χ3n) is 4.31. The summed E-state index contributed by atoms with van der Waals surface area (Å²) >= 11 is 12.1. The smallest absolute Gasteiger partial charge is 0.262 e.